The molecule has 2 amide bonds. The standard InChI is InChI=1S/C10H19N3O4S.C10H21N3O2.H3P/c1-10(2,3)17-9(14)12-4-5-13-8(7-12)6-11-18(13,15)16;1-10(2,3)15-9(14)13-5-4-12-8(6-11)7-13;/h8,11H,4-7H2,1-3H3;8,12H,4-7,11H2,1-3H3;1H3. The number of piperazine rings is 2. The van der Waals surface area contributed by atoms with E-state index in [0.29, 0.717) is 45.8 Å². The maximum atomic E-state index is 11.9. The summed E-state index contributed by atoms with van der Waals surface area (Å²) >= 11 is 0. The van der Waals surface area contributed by atoms with Crippen LogP contribution in [-0.4, -0.2) is 110 Å². The molecule has 3 saturated heterocycles. The first-order valence-corrected chi connectivity index (χ1v) is 12.7. The number of hydrogen-bond donors (Lipinski definition) is 3. The molecule has 3 rings (SSSR count). The minimum Gasteiger partial charge on any atom is -0.444 e. The Morgan fingerprint density at radius 3 is 1.97 bits per heavy atom. The van der Waals surface area contributed by atoms with Crippen LogP contribution in [0.4, 0.5) is 9.59 Å². The molecule has 0 aromatic carbocycles. The minimum absolute atomic E-state index is 0. The summed E-state index contributed by atoms with van der Waals surface area (Å²) in [5.74, 6) is 0. The molecular weight excluding hydrogens is 483 g/mol. The molecule has 3 unspecified atom stereocenters. The van der Waals surface area contributed by atoms with Gasteiger partial charge in [-0.05, 0) is 41.5 Å². The quantitative estimate of drug-likeness (QED) is 0.404. The van der Waals surface area contributed by atoms with E-state index in [4.69, 9.17) is 15.2 Å². The van der Waals surface area contributed by atoms with Crippen molar-refractivity contribution in [3.8, 4) is 0 Å². The van der Waals surface area contributed by atoms with Crippen LogP contribution < -0.4 is 15.8 Å². The Balaban J connectivity index is 0.000000336. The number of amides is 2. The molecule has 3 heterocycles. The molecule has 3 fully saturated rings. The highest BCUT2D eigenvalue weighted by Crippen LogP contribution is 2.20. The lowest BCUT2D eigenvalue weighted by atomic mass is 10.2. The van der Waals surface area contributed by atoms with E-state index in [1.165, 1.54) is 4.31 Å². The van der Waals surface area contributed by atoms with E-state index in [2.05, 4.69) is 10.0 Å². The monoisotopic (exact) mass is 526 g/mol. The third-order valence-corrected chi connectivity index (χ3v) is 6.71. The van der Waals surface area contributed by atoms with Gasteiger partial charge in [-0.1, -0.05) is 0 Å². The molecule has 3 aliphatic heterocycles. The predicted octanol–water partition coefficient (Wildman–Crippen LogP) is -0.0322. The van der Waals surface area contributed by atoms with Crippen LogP contribution in [0.1, 0.15) is 41.5 Å². The van der Waals surface area contributed by atoms with Crippen LogP contribution in [0.3, 0.4) is 0 Å². The Hall–Kier alpha value is -1.24. The fourth-order valence-electron chi connectivity index (χ4n) is 3.57. The molecule has 14 heteroatoms. The maximum Gasteiger partial charge on any atom is 0.410 e. The van der Waals surface area contributed by atoms with Crippen molar-refractivity contribution >= 4 is 32.3 Å². The number of carbonyl (C=O) groups excluding carboxylic acids is 2. The molecule has 0 saturated carbocycles. The topological polar surface area (TPSA) is 147 Å². The van der Waals surface area contributed by atoms with Gasteiger partial charge in [0, 0.05) is 58.4 Å². The zero-order valence-electron chi connectivity index (χ0n) is 21.3. The number of nitrogens with one attached hydrogen (secondary N) is 2. The lowest BCUT2D eigenvalue weighted by Crippen LogP contribution is -2.55. The first-order valence-electron chi connectivity index (χ1n) is 11.3. The second kappa shape index (κ2) is 12.1. The fourth-order valence-corrected chi connectivity index (χ4v) is 5.00. The van der Waals surface area contributed by atoms with Gasteiger partial charge in [0.1, 0.15) is 11.2 Å². The third kappa shape index (κ3) is 9.43. The van der Waals surface area contributed by atoms with E-state index in [1.807, 2.05) is 41.5 Å². The summed E-state index contributed by atoms with van der Waals surface area (Å²) < 4.78 is 37.6. The largest absolute Gasteiger partial charge is 0.444 e. The molecule has 200 valence electrons. The van der Waals surface area contributed by atoms with Crippen molar-refractivity contribution < 1.29 is 27.5 Å². The van der Waals surface area contributed by atoms with Gasteiger partial charge in [-0.25, -0.2) is 14.3 Å². The number of hydrogen-bond acceptors (Lipinski definition) is 8. The smallest absolute Gasteiger partial charge is 0.410 e. The van der Waals surface area contributed by atoms with Crippen molar-refractivity contribution in [2.24, 2.45) is 5.73 Å². The molecule has 0 aliphatic carbocycles. The number of fused-ring (bicyclic) bond motifs is 1. The summed E-state index contributed by atoms with van der Waals surface area (Å²) in [6.07, 6.45) is -0.631. The summed E-state index contributed by atoms with van der Waals surface area (Å²) in [4.78, 5) is 26.9. The van der Waals surface area contributed by atoms with E-state index < -0.39 is 21.4 Å². The van der Waals surface area contributed by atoms with Gasteiger partial charge >= 0.3 is 12.2 Å². The summed E-state index contributed by atoms with van der Waals surface area (Å²) in [5, 5.41) is 3.24. The van der Waals surface area contributed by atoms with Crippen LogP contribution in [0.5, 0.6) is 0 Å². The molecule has 3 aliphatic rings. The zero-order chi connectivity index (χ0) is 25.0. The van der Waals surface area contributed by atoms with Gasteiger partial charge in [0.05, 0.1) is 6.04 Å². The summed E-state index contributed by atoms with van der Waals surface area (Å²) in [7, 11) is -3.33. The third-order valence-electron chi connectivity index (χ3n) is 5.08. The van der Waals surface area contributed by atoms with Gasteiger partial charge in [-0.15, -0.1) is 0 Å². The van der Waals surface area contributed by atoms with Gasteiger partial charge < -0.3 is 30.3 Å². The Morgan fingerprint density at radius 2 is 1.47 bits per heavy atom. The van der Waals surface area contributed by atoms with E-state index >= 15 is 0 Å². The number of nitrogens with zero attached hydrogens (tertiary/aromatic N) is 3. The van der Waals surface area contributed by atoms with Gasteiger partial charge in [-0.2, -0.15) is 22.6 Å². The van der Waals surface area contributed by atoms with Gasteiger partial charge in [0.2, 0.25) is 0 Å². The molecule has 4 N–H and O–H groups in total. The van der Waals surface area contributed by atoms with Crippen molar-refractivity contribution in [3.63, 3.8) is 0 Å². The Bertz CT molecular complexity index is 800. The molecule has 0 spiro atoms. The van der Waals surface area contributed by atoms with E-state index in [-0.39, 0.29) is 34.2 Å². The molecule has 0 radical (unpaired) electrons. The maximum absolute atomic E-state index is 11.9. The first kappa shape index (κ1) is 30.8. The van der Waals surface area contributed by atoms with Crippen molar-refractivity contribution in [2.45, 2.75) is 64.8 Å². The highest BCUT2D eigenvalue weighted by atomic mass is 32.2. The lowest BCUT2D eigenvalue weighted by molar-refractivity contribution is 0.0147. The van der Waals surface area contributed by atoms with Crippen molar-refractivity contribution in [2.75, 3.05) is 52.4 Å². The number of ether oxygens (including phenoxy) is 2. The van der Waals surface area contributed by atoms with Crippen LogP contribution in [0.2, 0.25) is 0 Å². The summed E-state index contributed by atoms with van der Waals surface area (Å²) in [5.41, 5.74) is 4.59. The predicted molar refractivity (Wildman–Crippen MR) is 135 cm³/mol. The summed E-state index contributed by atoms with van der Waals surface area (Å²) in [6, 6.07) is 0.00235. The van der Waals surface area contributed by atoms with E-state index in [0.717, 1.165) is 6.54 Å². The van der Waals surface area contributed by atoms with Gasteiger partial charge in [-0.3, -0.25) is 0 Å². The first-order chi connectivity index (χ1) is 15.1. The van der Waals surface area contributed by atoms with Crippen molar-refractivity contribution in [1.82, 2.24) is 24.1 Å². The Kier molecular flexibility index (Phi) is 11.0. The number of carbonyl (C=O) groups is 2. The van der Waals surface area contributed by atoms with Gasteiger partial charge in [0.15, 0.2) is 0 Å². The summed E-state index contributed by atoms with van der Waals surface area (Å²) in [6.45, 7) is 15.1. The molecule has 0 aromatic heterocycles. The van der Waals surface area contributed by atoms with E-state index in [9.17, 15) is 18.0 Å². The van der Waals surface area contributed by atoms with E-state index in [1.54, 1.807) is 9.80 Å². The fraction of sp³-hybridized carbons (Fsp3) is 0.900. The SMILES string of the molecule is CC(C)(C)OC(=O)N1CCN2C(CNS2(=O)=O)C1.CC(C)(C)OC(=O)N1CCNC(CN)C1.P. The van der Waals surface area contributed by atoms with Crippen LogP contribution >= 0.6 is 9.90 Å². The Labute approximate surface area is 207 Å². The van der Waals surface area contributed by atoms with Crippen molar-refractivity contribution in [1.29, 1.82) is 0 Å². The molecule has 12 nitrogen and oxygen atoms in total. The normalized spacial score (nSPS) is 24.8. The molecule has 0 bridgehead atoms. The second-order valence-electron chi connectivity index (χ2n) is 10.4. The lowest BCUT2D eigenvalue weighted by Gasteiger charge is -2.36. The average Bonchev–Trinajstić information content (AvgIpc) is 3.00. The second-order valence-corrected chi connectivity index (χ2v) is 12.1. The highest BCUT2D eigenvalue weighted by molar-refractivity contribution is 7.87. The molecular formula is C20H43N6O6PS. The molecule has 34 heavy (non-hydrogen) atoms. The number of rotatable bonds is 1. The number of nitrogens with two attached hydrogens (primary N) is 1. The molecule has 3 atom stereocenters. The average molecular weight is 527 g/mol. The highest BCUT2D eigenvalue weighted by Gasteiger charge is 2.42. The van der Waals surface area contributed by atoms with Gasteiger partial charge in [0.25, 0.3) is 10.2 Å². The van der Waals surface area contributed by atoms with Crippen LogP contribution in [0.15, 0.2) is 0 Å². The van der Waals surface area contributed by atoms with Crippen LogP contribution in [0, 0.1) is 0 Å². The Morgan fingerprint density at radius 1 is 0.941 bits per heavy atom. The minimum atomic E-state index is -3.33. The zero-order valence-corrected chi connectivity index (χ0v) is 23.5. The van der Waals surface area contributed by atoms with Crippen LogP contribution in [-0.2, 0) is 19.7 Å². The van der Waals surface area contributed by atoms with Crippen molar-refractivity contribution in [3.05, 3.63) is 0 Å². The van der Waals surface area contributed by atoms with Crippen LogP contribution in [0.25, 0.3) is 0 Å². The molecule has 0 aromatic rings.